The maximum atomic E-state index is 14.9. The zero-order valence-electron chi connectivity index (χ0n) is 24.7. The summed E-state index contributed by atoms with van der Waals surface area (Å²) in [5.74, 6) is 0.922. The third kappa shape index (κ3) is 5.99. The van der Waals surface area contributed by atoms with E-state index in [1.165, 1.54) is 19.5 Å². The lowest BCUT2D eigenvalue weighted by molar-refractivity contribution is -0.114. The van der Waals surface area contributed by atoms with Crippen LogP contribution >= 0.6 is 11.3 Å². The van der Waals surface area contributed by atoms with Gasteiger partial charge in [-0.1, -0.05) is 0 Å². The van der Waals surface area contributed by atoms with Crippen molar-refractivity contribution >= 4 is 55.6 Å². The van der Waals surface area contributed by atoms with Crippen molar-refractivity contribution in [2.45, 2.75) is 25.8 Å². The average molecular weight is 615 g/mol. The normalized spacial score (nSPS) is 15.5. The number of carbonyl (C=O) groups excluding carboxylic acids is 1. The molecule has 2 aromatic heterocycles. The van der Waals surface area contributed by atoms with Crippen molar-refractivity contribution in [3.63, 3.8) is 0 Å². The summed E-state index contributed by atoms with van der Waals surface area (Å²) >= 11 is 1.57. The van der Waals surface area contributed by atoms with E-state index in [0.717, 1.165) is 35.2 Å². The summed E-state index contributed by atoms with van der Waals surface area (Å²) in [6.07, 6.45) is 4.56. The topological polar surface area (TPSA) is 111 Å². The molecule has 0 radical (unpaired) electrons. The molecular weight excluding hydrogens is 583 g/mol. The van der Waals surface area contributed by atoms with Gasteiger partial charge in [0.2, 0.25) is 0 Å². The van der Waals surface area contributed by atoms with Crippen LogP contribution in [0.25, 0.3) is 21.1 Å². The number of likely N-dealkylation sites (N-methyl/N-ethyl adjacent to an activating group) is 1. The van der Waals surface area contributed by atoms with Gasteiger partial charge in [-0.15, -0.1) is 11.3 Å². The Balaban J connectivity index is 1.28. The van der Waals surface area contributed by atoms with Crippen LogP contribution in [0, 0.1) is 6.92 Å². The van der Waals surface area contributed by atoms with Gasteiger partial charge in [-0.2, -0.15) is 0 Å². The van der Waals surface area contributed by atoms with Gasteiger partial charge < -0.3 is 24.8 Å². The number of anilines is 3. The van der Waals surface area contributed by atoms with Gasteiger partial charge in [0.15, 0.2) is 5.83 Å². The molecule has 5 aromatic rings. The van der Waals surface area contributed by atoms with Crippen LogP contribution in [0.5, 0.6) is 23.0 Å². The SMILES string of the molecule is COc1cc2ncnc(Nc3cc(C)c(Oc4ccc5scnc5c4)cc3OC)c2cc1NC(=O)/C(F)=C/[C@H]1CCCN1C. The van der Waals surface area contributed by atoms with Gasteiger partial charge in [-0.05, 0) is 69.3 Å². The molecule has 10 nitrogen and oxygen atoms in total. The molecule has 0 unspecified atom stereocenters. The number of methoxy groups -OCH3 is 2. The number of likely N-dealkylation sites (tertiary alicyclic amines) is 1. The predicted octanol–water partition coefficient (Wildman–Crippen LogP) is 6.99. The van der Waals surface area contributed by atoms with E-state index in [1.807, 2.05) is 43.1 Å². The predicted molar refractivity (Wildman–Crippen MR) is 170 cm³/mol. The van der Waals surface area contributed by atoms with E-state index >= 15 is 0 Å². The zero-order chi connectivity index (χ0) is 30.8. The molecule has 1 aliphatic rings. The van der Waals surface area contributed by atoms with Crippen LogP contribution in [-0.2, 0) is 4.79 Å². The van der Waals surface area contributed by atoms with Crippen molar-refractivity contribution in [3.05, 3.63) is 71.8 Å². The van der Waals surface area contributed by atoms with Crippen molar-refractivity contribution in [1.82, 2.24) is 19.9 Å². The van der Waals surface area contributed by atoms with Crippen molar-refractivity contribution in [3.8, 4) is 23.0 Å². The molecule has 226 valence electrons. The number of ether oxygens (including phenoxy) is 3. The molecule has 0 saturated carbocycles. The first-order valence-electron chi connectivity index (χ1n) is 14.0. The van der Waals surface area contributed by atoms with Crippen LogP contribution in [0.15, 0.2) is 66.2 Å². The summed E-state index contributed by atoms with van der Waals surface area (Å²) < 4.78 is 33.4. The standard InChI is InChI=1S/C32H31FN6O4S/c1-18-10-24(29(42-4)15-27(18)43-20-7-8-30-26(12-20)36-17-44-30)37-31-21-13-25(28(41-3)14-23(21)34-16-35-31)38-32(40)22(33)11-19-6-5-9-39(19)2/h7-8,10-17,19H,5-6,9H2,1-4H3,(H,38,40)(H,34,35,37)/b22-11-/t19-/m1/s1. The quantitative estimate of drug-likeness (QED) is 0.170. The van der Waals surface area contributed by atoms with Gasteiger partial charge in [-0.25, -0.2) is 19.3 Å². The fourth-order valence-corrected chi connectivity index (χ4v) is 5.88. The monoisotopic (exact) mass is 614 g/mol. The number of hydrogen-bond donors (Lipinski definition) is 2. The molecule has 0 aliphatic carbocycles. The minimum absolute atomic E-state index is 0.111. The van der Waals surface area contributed by atoms with Crippen LogP contribution in [0.2, 0.25) is 0 Å². The Morgan fingerprint density at radius 2 is 1.84 bits per heavy atom. The number of nitrogens with zero attached hydrogens (tertiary/aromatic N) is 4. The van der Waals surface area contributed by atoms with Gasteiger partial charge in [-0.3, -0.25) is 9.69 Å². The minimum atomic E-state index is -0.851. The van der Waals surface area contributed by atoms with Gasteiger partial charge in [0.25, 0.3) is 5.91 Å². The summed E-state index contributed by atoms with van der Waals surface area (Å²) in [5, 5.41) is 6.56. The molecule has 44 heavy (non-hydrogen) atoms. The minimum Gasteiger partial charge on any atom is -0.494 e. The number of aryl methyl sites for hydroxylation is 1. The lowest BCUT2D eigenvalue weighted by atomic mass is 10.1. The second-order valence-corrected chi connectivity index (χ2v) is 11.4. The van der Waals surface area contributed by atoms with E-state index in [4.69, 9.17) is 14.2 Å². The van der Waals surface area contributed by atoms with Crippen LogP contribution in [0.3, 0.4) is 0 Å². The molecule has 1 fully saturated rings. The number of benzene rings is 3. The van der Waals surface area contributed by atoms with Crippen molar-refractivity contribution < 1.29 is 23.4 Å². The largest absolute Gasteiger partial charge is 0.494 e. The van der Waals surface area contributed by atoms with Crippen molar-refractivity contribution in [2.24, 2.45) is 0 Å². The van der Waals surface area contributed by atoms with Gasteiger partial charge in [0.1, 0.15) is 35.1 Å². The van der Waals surface area contributed by atoms with Crippen molar-refractivity contribution in [2.75, 3.05) is 38.4 Å². The molecule has 3 aromatic carbocycles. The molecule has 3 heterocycles. The Kier molecular flexibility index (Phi) is 8.27. The first-order chi connectivity index (χ1) is 21.3. The molecule has 6 rings (SSSR count). The molecule has 12 heteroatoms. The van der Waals surface area contributed by atoms with Gasteiger partial charge >= 0.3 is 0 Å². The molecular formula is C32H31FN6O4S. The number of carbonyl (C=O) groups is 1. The van der Waals surface area contributed by atoms with Crippen LogP contribution in [-0.4, -0.2) is 59.6 Å². The summed E-state index contributed by atoms with van der Waals surface area (Å²) in [4.78, 5) is 28.0. The molecule has 1 saturated heterocycles. The van der Waals surface area contributed by atoms with Crippen LogP contribution in [0.1, 0.15) is 18.4 Å². The second-order valence-electron chi connectivity index (χ2n) is 10.5. The summed E-state index contributed by atoms with van der Waals surface area (Å²) in [6.45, 7) is 2.80. The number of rotatable bonds is 9. The molecule has 2 N–H and O–H groups in total. The zero-order valence-corrected chi connectivity index (χ0v) is 25.5. The fraction of sp³-hybridized carbons (Fsp3) is 0.250. The van der Waals surface area contributed by atoms with E-state index in [9.17, 15) is 9.18 Å². The van der Waals surface area contributed by atoms with Crippen molar-refractivity contribution in [1.29, 1.82) is 0 Å². The van der Waals surface area contributed by atoms with Crippen LogP contribution in [0.4, 0.5) is 21.6 Å². The lowest BCUT2D eigenvalue weighted by Crippen LogP contribution is -2.24. The smallest absolute Gasteiger partial charge is 0.284 e. The highest BCUT2D eigenvalue weighted by Crippen LogP contribution is 2.39. The molecule has 1 amide bonds. The highest BCUT2D eigenvalue weighted by molar-refractivity contribution is 7.16. The Morgan fingerprint density at radius 3 is 2.61 bits per heavy atom. The highest BCUT2D eigenvalue weighted by atomic mass is 32.1. The number of fused-ring (bicyclic) bond motifs is 2. The highest BCUT2D eigenvalue weighted by Gasteiger charge is 2.22. The molecule has 1 aliphatic heterocycles. The summed E-state index contributed by atoms with van der Waals surface area (Å²) in [5.41, 5.74) is 5.03. The number of hydrogen-bond acceptors (Lipinski definition) is 10. The Bertz CT molecular complexity index is 1890. The number of nitrogens with one attached hydrogen (secondary N) is 2. The third-order valence-electron chi connectivity index (χ3n) is 7.62. The second kappa shape index (κ2) is 12.4. The molecule has 1 atom stereocenters. The first-order valence-corrected chi connectivity index (χ1v) is 14.9. The van der Waals surface area contributed by atoms with Gasteiger partial charge in [0, 0.05) is 29.6 Å². The molecule has 0 bridgehead atoms. The average Bonchev–Trinajstić information content (AvgIpc) is 3.66. The number of aromatic nitrogens is 3. The Hall–Kier alpha value is -4.81. The van der Waals surface area contributed by atoms with E-state index < -0.39 is 11.7 Å². The van der Waals surface area contributed by atoms with E-state index in [2.05, 4.69) is 25.6 Å². The summed E-state index contributed by atoms with van der Waals surface area (Å²) in [7, 11) is 4.96. The van der Waals surface area contributed by atoms with Crippen LogP contribution < -0.4 is 24.8 Å². The maximum Gasteiger partial charge on any atom is 0.284 e. The van der Waals surface area contributed by atoms with E-state index in [1.54, 1.807) is 42.2 Å². The maximum absolute atomic E-state index is 14.9. The van der Waals surface area contributed by atoms with E-state index in [-0.39, 0.29) is 11.7 Å². The first kappa shape index (κ1) is 29.3. The Morgan fingerprint density at radius 1 is 1.02 bits per heavy atom. The lowest BCUT2D eigenvalue weighted by Gasteiger charge is -2.17. The summed E-state index contributed by atoms with van der Waals surface area (Å²) in [6, 6.07) is 12.7. The number of halogens is 1. The fourth-order valence-electron chi connectivity index (χ4n) is 5.22. The number of thiazole rings is 1. The van der Waals surface area contributed by atoms with E-state index in [0.29, 0.717) is 45.4 Å². The number of amides is 1. The molecule has 0 spiro atoms. The Labute approximate surface area is 257 Å². The van der Waals surface area contributed by atoms with Gasteiger partial charge in [0.05, 0.1) is 46.8 Å². The third-order valence-corrected chi connectivity index (χ3v) is 8.43.